The number of aromatic nitrogens is 1. The summed E-state index contributed by atoms with van der Waals surface area (Å²) in [6.45, 7) is 1.54. The van der Waals surface area contributed by atoms with E-state index in [2.05, 4.69) is 5.32 Å². The summed E-state index contributed by atoms with van der Waals surface area (Å²) in [6.07, 6.45) is 1.85. The lowest BCUT2D eigenvalue weighted by Gasteiger charge is -2.21. The van der Waals surface area contributed by atoms with Crippen LogP contribution in [0.15, 0.2) is 47.3 Å². The fourth-order valence-corrected chi connectivity index (χ4v) is 3.64. The average Bonchev–Trinajstić information content (AvgIpc) is 3.49. The zero-order valence-corrected chi connectivity index (χ0v) is 15.2. The van der Waals surface area contributed by atoms with E-state index in [1.807, 2.05) is 0 Å². The Labute approximate surface area is 159 Å². The van der Waals surface area contributed by atoms with Crippen LogP contribution in [0.5, 0.6) is 0 Å². The van der Waals surface area contributed by atoms with Crippen LogP contribution in [0.4, 0.5) is 8.78 Å². The van der Waals surface area contributed by atoms with Gasteiger partial charge in [0.25, 0.3) is 11.5 Å². The van der Waals surface area contributed by atoms with Crippen molar-refractivity contribution in [3.8, 4) is 0 Å². The van der Waals surface area contributed by atoms with Crippen LogP contribution in [0.1, 0.15) is 40.5 Å². The summed E-state index contributed by atoms with van der Waals surface area (Å²) in [5.41, 5.74) is 0.337. The topological polar surface area (TPSA) is 77.1 Å². The standard InChI is InChI=1S/C21H19F2N3O2/c1-11-17(15-6-3-7-16(23)18(15)21(28)26(11)24)20(27)25-19(12-8-9-12)13-4-2-5-14(22)10-13/h2-7,10,12,19H,8-9,24H2,1H3,(H,25,27). The van der Waals surface area contributed by atoms with Crippen LogP contribution in [0.2, 0.25) is 0 Å². The summed E-state index contributed by atoms with van der Waals surface area (Å²) >= 11 is 0. The maximum atomic E-state index is 14.3. The molecule has 1 saturated carbocycles. The molecule has 5 nitrogen and oxygen atoms in total. The van der Waals surface area contributed by atoms with Crippen molar-refractivity contribution in [1.29, 1.82) is 0 Å². The highest BCUT2D eigenvalue weighted by molar-refractivity contribution is 6.08. The number of benzene rings is 2. The van der Waals surface area contributed by atoms with E-state index in [4.69, 9.17) is 5.84 Å². The Bertz CT molecular complexity index is 1150. The molecule has 7 heteroatoms. The molecule has 3 aromatic rings. The predicted octanol–water partition coefficient (Wildman–Crippen LogP) is 3.18. The van der Waals surface area contributed by atoms with Crippen molar-refractivity contribution in [3.63, 3.8) is 0 Å². The Kier molecular flexibility index (Phi) is 4.37. The number of hydrogen-bond acceptors (Lipinski definition) is 3. The van der Waals surface area contributed by atoms with Crippen molar-refractivity contribution in [3.05, 3.63) is 81.3 Å². The van der Waals surface area contributed by atoms with Crippen molar-refractivity contribution in [2.24, 2.45) is 5.92 Å². The van der Waals surface area contributed by atoms with Gasteiger partial charge in [-0.1, -0.05) is 24.3 Å². The molecule has 1 unspecified atom stereocenters. The van der Waals surface area contributed by atoms with Gasteiger partial charge >= 0.3 is 0 Å². The van der Waals surface area contributed by atoms with Crippen LogP contribution in [0.25, 0.3) is 10.8 Å². The number of nitrogens with two attached hydrogens (primary N) is 1. The maximum absolute atomic E-state index is 14.3. The summed E-state index contributed by atoms with van der Waals surface area (Å²) in [5, 5.41) is 2.92. The van der Waals surface area contributed by atoms with Gasteiger partial charge in [-0.25, -0.2) is 13.5 Å². The summed E-state index contributed by atoms with van der Waals surface area (Å²) < 4.78 is 28.7. The molecule has 0 aliphatic heterocycles. The van der Waals surface area contributed by atoms with Crippen molar-refractivity contribution in [2.75, 3.05) is 5.84 Å². The van der Waals surface area contributed by atoms with Crippen molar-refractivity contribution in [1.82, 2.24) is 9.99 Å². The number of carbonyl (C=O) groups is 1. The van der Waals surface area contributed by atoms with Gasteiger partial charge in [-0.05, 0) is 49.4 Å². The first-order valence-electron chi connectivity index (χ1n) is 9.03. The molecule has 1 amide bonds. The van der Waals surface area contributed by atoms with Gasteiger partial charge in [0, 0.05) is 5.39 Å². The zero-order valence-electron chi connectivity index (χ0n) is 15.2. The van der Waals surface area contributed by atoms with Gasteiger partial charge in [0.05, 0.1) is 22.7 Å². The minimum Gasteiger partial charge on any atom is -0.345 e. The Morgan fingerprint density at radius 3 is 2.61 bits per heavy atom. The van der Waals surface area contributed by atoms with E-state index in [1.165, 1.54) is 31.2 Å². The van der Waals surface area contributed by atoms with Crippen LogP contribution < -0.4 is 16.7 Å². The largest absolute Gasteiger partial charge is 0.345 e. The third kappa shape index (κ3) is 3.02. The first-order valence-corrected chi connectivity index (χ1v) is 9.03. The fraction of sp³-hybridized carbons (Fsp3) is 0.238. The molecule has 144 valence electrons. The first-order chi connectivity index (χ1) is 13.4. The van der Waals surface area contributed by atoms with E-state index < -0.39 is 17.3 Å². The molecular formula is C21H19F2N3O2. The molecule has 4 rings (SSSR count). The normalized spacial score (nSPS) is 14.8. The van der Waals surface area contributed by atoms with Crippen LogP contribution in [0.3, 0.4) is 0 Å². The molecular weight excluding hydrogens is 364 g/mol. The molecule has 1 aliphatic carbocycles. The molecule has 1 aliphatic rings. The number of hydrogen-bond donors (Lipinski definition) is 2. The average molecular weight is 383 g/mol. The highest BCUT2D eigenvalue weighted by Crippen LogP contribution is 2.41. The van der Waals surface area contributed by atoms with E-state index in [1.54, 1.807) is 12.1 Å². The number of fused-ring (bicyclic) bond motifs is 1. The number of amides is 1. The summed E-state index contributed by atoms with van der Waals surface area (Å²) in [7, 11) is 0. The number of pyridine rings is 1. The number of rotatable bonds is 4. The van der Waals surface area contributed by atoms with E-state index in [0.717, 1.165) is 23.6 Å². The highest BCUT2D eigenvalue weighted by Gasteiger charge is 2.34. The zero-order chi connectivity index (χ0) is 20.0. The molecule has 3 N–H and O–H groups in total. The van der Waals surface area contributed by atoms with E-state index >= 15 is 0 Å². The van der Waals surface area contributed by atoms with Crippen molar-refractivity contribution in [2.45, 2.75) is 25.8 Å². The van der Waals surface area contributed by atoms with Gasteiger partial charge < -0.3 is 11.2 Å². The molecule has 0 spiro atoms. The van der Waals surface area contributed by atoms with Gasteiger partial charge in [-0.3, -0.25) is 9.59 Å². The van der Waals surface area contributed by atoms with Gasteiger partial charge in [0.15, 0.2) is 0 Å². The van der Waals surface area contributed by atoms with Gasteiger partial charge in [0.1, 0.15) is 11.6 Å². The second-order valence-electron chi connectivity index (χ2n) is 7.14. The Hall–Kier alpha value is -3.22. The fourth-order valence-electron chi connectivity index (χ4n) is 3.64. The minimum absolute atomic E-state index is 0.138. The monoisotopic (exact) mass is 383 g/mol. The molecule has 2 aromatic carbocycles. The molecule has 1 heterocycles. The number of halogens is 2. The Morgan fingerprint density at radius 2 is 1.93 bits per heavy atom. The molecule has 0 radical (unpaired) electrons. The minimum atomic E-state index is -0.736. The van der Waals surface area contributed by atoms with Crippen LogP contribution in [0, 0.1) is 24.5 Å². The molecule has 1 atom stereocenters. The highest BCUT2D eigenvalue weighted by atomic mass is 19.1. The second-order valence-corrected chi connectivity index (χ2v) is 7.14. The van der Waals surface area contributed by atoms with E-state index in [9.17, 15) is 18.4 Å². The Balaban J connectivity index is 1.81. The van der Waals surface area contributed by atoms with E-state index in [-0.39, 0.29) is 39.8 Å². The lowest BCUT2D eigenvalue weighted by Crippen LogP contribution is -2.36. The van der Waals surface area contributed by atoms with Crippen molar-refractivity contribution < 1.29 is 13.6 Å². The molecule has 0 bridgehead atoms. The third-order valence-corrected chi connectivity index (χ3v) is 5.25. The number of nitrogens with one attached hydrogen (secondary N) is 1. The smallest absolute Gasteiger partial charge is 0.279 e. The molecule has 1 aromatic heterocycles. The van der Waals surface area contributed by atoms with Crippen LogP contribution in [-0.2, 0) is 0 Å². The quantitative estimate of drug-likeness (QED) is 0.680. The first kappa shape index (κ1) is 18.2. The van der Waals surface area contributed by atoms with Crippen LogP contribution >= 0.6 is 0 Å². The lowest BCUT2D eigenvalue weighted by atomic mass is 9.99. The van der Waals surface area contributed by atoms with Gasteiger partial charge in [0.2, 0.25) is 0 Å². The molecule has 1 fully saturated rings. The summed E-state index contributed by atoms with van der Waals surface area (Å²) in [5.74, 6) is 4.41. The summed E-state index contributed by atoms with van der Waals surface area (Å²) in [6, 6.07) is 9.86. The number of carbonyl (C=O) groups excluding carboxylic acids is 1. The Morgan fingerprint density at radius 1 is 1.21 bits per heavy atom. The number of nitrogen functional groups attached to an aromatic ring is 1. The van der Waals surface area contributed by atoms with Gasteiger partial charge in [-0.2, -0.15) is 0 Å². The van der Waals surface area contributed by atoms with Gasteiger partial charge in [-0.15, -0.1) is 0 Å². The van der Waals surface area contributed by atoms with E-state index in [0.29, 0.717) is 5.56 Å². The van der Waals surface area contributed by atoms with Crippen molar-refractivity contribution >= 4 is 16.7 Å². The number of nitrogens with zero attached hydrogens (tertiary/aromatic N) is 1. The molecule has 28 heavy (non-hydrogen) atoms. The summed E-state index contributed by atoms with van der Waals surface area (Å²) in [4.78, 5) is 25.5. The SMILES string of the molecule is Cc1c(C(=O)NC(c2cccc(F)c2)C2CC2)c2cccc(F)c2c(=O)n1N. The second kappa shape index (κ2) is 6.74. The predicted molar refractivity (Wildman–Crippen MR) is 102 cm³/mol. The lowest BCUT2D eigenvalue weighted by molar-refractivity contribution is 0.0932. The third-order valence-electron chi connectivity index (χ3n) is 5.25. The van der Waals surface area contributed by atoms with Crippen LogP contribution in [-0.4, -0.2) is 10.6 Å². The maximum Gasteiger partial charge on any atom is 0.279 e. The molecule has 0 saturated heterocycles.